The molecule has 1 saturated carbocycles. The van der Waals surface area contributed by atoms with Crippen LogP contribution in [0.1, 0.15) is 56.2 Å². The number of fused-ring (bicyclic) bond motifs is 1. The molecular weight excluding hydrogens is 616 g/mol. The van der Waals surface area contributed by atoms with Gasteiger partial charge in [0.1, 0.15) is 5.56 Å². The predicted octanol–water partition coefficient (Wildman–Crippen LogP) is 4.14. The van der Waals surface area contributed by atoms with E-state index in [0.717, 1.165) is 5.56 Å². The summed E-state index contributed by atoms with van der Waals surface area (Å²) in [6.45, 7) is 1.44. The number of benzene rings is 3. The SMILES string of the molecule is Cn1cc(-c2cccc(N3CCc4cc(C5CC5)ccc4C3=O)c2CO)nc(Nc2ccc(C(=O)N3CCOCC3)c([N+](=O)[O-])c2)c1=O. The van der Waals surface area contributed by atoms with E-state index in [2.05, 4.69) is 16.4 Å². The third-order valence-corrected chi connectivity index (χ3v) is 9.19. The van der Waals surface area contributed by atoms with Gasteiger partial charge in [0.2, 0.25) is 0 Å². The molecule has 1 saturated heterocycles. The van der Waals surface area contributed by atoms with Gasteiger partial charge in [0.05, 0.1) is 36.1 Å². The molecule has 246 valence electrons. The molecule has 0 atom stereocenters. The lowest BCUT2D eigenvalue weighted by atomic mass is 9.93. The number of nitrogens with one attached hydrogen (secondary N) is 1. The first-order valence-corrected chi connectivity index (χ1v) is 15.9. The Morgan fingerprint density at radius 2 is 1.85 bits per heavy atom. The minimum absolute atomic E-state index is 0.0651. The fraction of sp³-hybridized carbons (Fsp3) is 0.314. The average molecular weight is 651 g/mol. The van der Waals surface area contributed by atoms with E-state index < -0.39 is 22.1 Å². The second-order valence-corrected chi connectivity index (χ2v) is 12.3. The lowest BCUT2D eigenvalue weighted by molar-refractivity contribution is -0.385. The third-order valence-electron chi connectivity index (χ3n) is 9.19. The summed E-state index contributed by atoms with van der Waals surface area (Å²) in [4.78, 5) is 59.1. The molecule has 13 nitrogen and oxygen atoms in total. The van der Waals surface area contributed by atoms with Gasteiger partial charge in [-0.2, -0.15) is 0 Å². The highest BCUT2D eigenvalue weighted by molar-refractivity contribution is 6.09. The molecule has 4 aromatic rings. The van der Waals surface area contributed by atoms with Crippen LogP contribution in [0, 0.1) is 10.1 Å². The minimum Gasteiger partial charge on any atom is -0.392 e. The number of aliphatic hydroxyl groups excluding tert-OH is 1. The van der Waals surface area contributed by atoms with Crippen LogP contribution in [0.2, 0.25) is 0 Å². The van der Waals surface area contributed by atoms with Crippen LogP contribution in [-0.4, -0.2) is 69.1 Å². The van der Waals surface area contributed by atoms with E-state index in [1.807, 2.05) is 12.1 Å². The number of carbonyl (C=O) groups excluding carboxylic acids is 2. The summed E-state index contributed by atoms with van der Waals surface area (Å²) in [5.74, 6) is -0.129. The molecule has 2 N–H and O–H groups in total. The van der Waals surface area contributed by atoms with Crippen molar-refractivity contribution in [1.82, 2.24) is 14.5 Å². The van der Waals surface area contributed by atoms with Crippen LogP contribution < -0.4 is 15.8 Å². The van der Waals surface area contributed by atoms with Gasteiger partial charge in [-0.15, -0.1) is 0 Å². The Bertz CT molecular complexity index is 2020. The number of rotatable bonds is 8. The van der Waals surface area contributed by atoms with Crippen LogP contribution in [0.5, 0.6) is 0 Å². The normalized spacial score (nSPS) is 16.1. The molecule has 3 heterocycles. The molecule has 1 aliphatic carbocycles. The summed E-state index contributed by atoms with van der Waals surface area (Å²) in [7, 11) is 1.55. The maximum atomic E-state index is 13.7. The zero-order valence-corrected chi connectivity index (χ0v) is 26.3. The lowest BCUT2D eigenvalue weighted by Crippen LogP contribution is -2.40. The van der Waals surface area contributed by atoms with E-state index in [0.29, 0.717) is 73.3 Å². The highest BCUT2D eigenvalue weighted by atomic mass is 16.6. The molecule has 2 aliphatic heterocycles. The van der Waals surface area contributed by atoms with Gasteiger partial charge in [0.15, 0.2) is 5.82 Å². The molecule has 2 amide bonds. The zero-order valence-electron chi connectivity index (χ0n) is 26.3. The summed E-state index contributed by atoms with van der Waals surface area (Å²) in [6, 6.07) is 15.5. The van der Waals surface area contributed by atoms with Gasteiger partial charge >= 0.3 is 0 Å². The van der Waals surface area contributed by atoms with Gasteiger partial charge < -0.3 is 29.5 Å². The molecule has 0 spiro atoms. The van der Waals surface area contributed by atoms with Gasteiger partial charge in [0, 0.05) is 61.3 Å². The quantitative estimate of drug-likeness (QED) is 0.211. The Morgan fingerprint density at radius 3 is 2.58 bits per heavy atom. The van der Waals surface area contributed by atoms with E-state index in [-0.39, 0.29) is 29.6 Å². The van der Waals surface area contributed by atoms with Crippen molar-refractivity contribution in [2.45, 2.75) is 31.8 Å². The van der Waals surface area contributed by atoms with Crippen LogP contribution in [0.3, 0.4) is 0 Å². The van der Waals surface area contributed by atoms with E-state index in [1.54, 1.807) is 30.1 Å². The predicted molar refractivity (Wildman–Crippen MR) is 178 cm³/mol. The Balaban J connectivity index is 1.20. The monoisotopic (exact) mass is 650 g/mol. The van der Waals surface area contributed by atoms with Crippen molar-refractivity contribution in [3.8, 4) is 11.3 Å². The summed E-state index contributed by atoms with van der Waals surface area (Å²) >= 11 is 0. The standard InChI is InChI=1S/C35H34N6O7/c1-38-19-29(37-32(35(38)45)36-24-8-10-27(31(18-24)41(46)47)33(43)39-13-15-48-16-14-39)26-3-2-4-30(28(26)20-42)40-12-11-23-17-22(21-5-6-21)7-9-25(23)34(40)44/h2-4,7-10,17-19,21,42H,5-6,11-16,20H2,1H3,(H,36,37). The van der Waals surface area contributed by atoms with Crippen molar-refractivity contribution in [2.24, 2.45) is 7.05 Å². The van der Waals surface area contributed by atoms with Crippen LogP contribution in [0.25, 0.3) is 11.3 Å². The smallest absolute Gasteiger partial charge is 0.293 e. The summed E-state index contributed by atoms with van der Waals surface area (Å²) in [5.41, 5.74) is 4.10. The highest BCUT2D eigenvalue weighted by Crippen LogP contribution is 2.41. The van der Waals surface area contributed by atoms with Crippen molar-refractivity contribution in [3.05, 3.63) is 109 Å². The van der Waals surface area contributed by atoms with E-state index in [1.165, 1.54) is 52.3 Å². The molecule has 13 heteroatoms. The van der Waals surface area contributed by atoms with Gasteiger partial charge in [-0.3, -0.25) is 24.5 Å². The molecule has 0 radical (unpaired) electrons. The minimum atomic E-state index is -0.633. The van der Waals surface area contributed by atoms with Crippen LogP contribution in [-0.2, 0) is 24.8 Å². The largest absolute Gasteiger partial charge is 0.392 e. The molecule has 3 aromatic carbocycles. The molecule has 3 aliphatic rings. The lowest BCUT2D eigenvalue weighted by Gasteiger charge is -2.31. The number of aromatic nitrogens is 2. The number of ether oxygens (including phenoxy) is 1. The van der Waals surface area contributed by atoms with Crippen molar-refractivity contribution >= 4 is 34.7 Å². The maximum Gasteiger partial charge on any atom is 0.293 e. The third kappa shape index (κ3) is 5.82. The molecule has 7 rings (SSSR count). The summed E-state index contributed by atoms with van der Waals surface area (Å²) in [6.07, 6.45) is 4.59. The van der Waals surface area contributed by atoms with Crippen molar-refractivity contribution in [3.63, 3.8) is 0 Å². The number of amides is 2. The fourth-order valence-electron chi connectivity index (χ4n) is 6.47. The molecule has 0 bridgehead atoms. The number of hydrogen-bond acceptors (Lipinski definition) is 9. The summed E-state index contributed by atoms with van der Waals surface area (Å²) < 4.78 is 6.61. The number of carbonyl (C=O) groups is 2. The number of anilines is 3. The number of aryl methyl sites for hydroxylation is 1. The first-order chi connectivity index (χ1) is 23.2. The van der Waals surface area contributed by atoms with Gasteiger partial charge in [0.25, 0.3) is 23.1 Å². The Hall–Kier alpha value is -5.40. The van der Waals surface area contributed by atoms with Gasteiger partial charge in [-0.25, -0.2) is 4.98 Å². The van der Waals surface area contributed by atoms with Crippen LogP contribution >= 0.6 is 0 Å². The number of morpholine rings is 1. The number of nitrogens with zero attached hydrogens (tertiary/aromatic N) is 5. The number of nitro benzene ring substituents is 1. The highest BCUT2D eigenvalue weighted by Gasteiger charge is 2.31. The van der Waals surface area contributed by atoms with E-state index >= 15 is 0 Å². The molecule has 1 aromatic heterocycles. The topological polar surface area (TPSA) is 160 Å². The first-order valence-electron chi connectivity index (χ1n) is 15.9. The molecule has 48 heavy (non-hydrogen) atoms. The second-order valence-electron chi connectivity index (χ2n) is 12.3. The molecular formula is C35H34N6O7. The molecule has 0 unspecified atom stereocenters. The van der Waals surface area contributed by atoms with Gasteiger partial charge in [-0.05, 0) is 60.6 Å². The molecule has 2 fully saturated rings. The Labute approximate surface area is 275 Å². The maximum absolute atomic E-state index is 13.7. The van der Waals surface area contributed by atoms with Crippen LogP contribution in [0.4, 0.5) is 22.9 Å². The van der Waals surface area contributed by atoms with Crippen LogP contribution in [0.15, 0.2) is 65.6 Å². The first kappa shape index (κ1) is 31.2. The average Bonchev–Trinajstić information content (AvgIpc) is 3.96. The summed E-state index contributed by atoms with van der Waals surface area (Å²) in [5, 5.41) is 25.5. The number of hydrogen-bond donors (Lipinski definition) is 2. The van der Waals surface area contributed by atoms with Crippen molar-refractivity contribution < 1.29 is 24.4 Å². The number of nitro groups is 1. The van der Waals surface area contributed by atoms with Crippen molar-refractivity contribution in [2.75, 3.05) is 43.1 Å². The van der Waals surface area contributed by atoms with E-state index in [9.17, 15) is 29.6 Å². The van der Waals surface area contributed by atoms with Crippen molar-refractivity contribution in [1.29, 1.82) is 0 Å². The number of aliphatic hydroxyl groups is 1. The zero-order chi connectivity index (χ0) is 33.5. The van der Waals surface area contributed by atoms with E-state index in [4.69, 9.17) is 4.74 Å². The second kappa shape index (κ2) is 12.7. The Morgan fingerprint density at radius 1 is 1.06 bits per heavy atom. The van der Waals surface area contributed by atoms with Gasteiger partial charge in [-0.1, -0.05) is 24.3 Å². The fourth-order valence-corrected chi connectivity index (χ4v) is 6.47. The Kier molecular flexibility index (Phi) is 8.23.